The molecule has 204 valence electrons. The van der Waals surface area contributed by atoms with E-state index in [2.05, 4.69) is 20.4 Å². The van der Waals surface area contributed by atoms with Crippen molar-refractivity contribution in [2.45, 2.75) is 31.7 Å². The lowest BCUT2D eigenvalue weighted by molar-refractivity contribution is -0.139. The number of halogens is 6. The van der Waals surface area contributed by atoms with Crippen molar-refractivity contribution in [2.75, 3.05) is 36.4 Å². The van der Waals surface area contributed by atoms with E-state index in [1.54, 1.807) is 34.0 Å². The van der Waals surface area contributed by atoms with Gasteiger partial charge in [-0.1, -0.05) is 0 Å². The summed E-state index contributed by atoms with van der Waals surface area (Å²) in [5.74, 6) is -0.0812. The molecule has 3 aromatic rings. The summed E-state index contributed by atoms with van der Waals surface area (Å²) in [6.45, 7) is 2.93. The van der Waals surface area contributed by atoms with Crippen LogP contribution in [0.1, 0.15) is 32.6 Å². The summed E-state index contributed by atoms with van der Waals surface area (Å²) in [5, 5.41) is 7.88. The van der Waals surface area contributed by atoms with Gasteiger partial charge in [-0.3, -0.25) is 9.59 Å². The normalized spacial score (nSPS) is 15.4. The van der Waals surface area contributed by atoms with Crippen molar-refractivity contribution in [1.29, 1.82) is 0 Å². The van der Waals surface area contributed by atoms with Gasteiger partial charge in [-0.2, -0.15) is 31.4 Å². The van der Waals surface area contributed by atoms with Gasteiger partial charge in [-0.05, 0) is 19.1 Å². The minimum Gasteiger partial charge on any atom is -0.380 e. The predicted molar refractivity (Wildman–Crippen MR) is 126 cm³/mol. The van der Waals surface area contributed by atoms with Crippen LogP contribution in [0.5, 0.6) is 0 Å². The van der Waals surface area contributed by atoms with Crippen LogP contribution in [0.2, 0.25) is 0 Å². The van der Waals surface area contributed by atoms with Crippen molar-refractivity contribution >= 4 is 28.9 Å². The van der Waals surface area contributed by atoms with Crippen molar-refractivity contribution < 1.29 is 31.1 Å². The molecule has 16 heteroatoms. The zero-order valence-corrected chi connectivity index (χ0v) is 20.5. The monoisotopic (exact) mass is 561 g/mol. The number of alkyl halides is 6. The number of aromatic amines is 1. The number of aromatic nitrogens is 4. The number of carbonyl (C=O) groups excluding carboxylic acids is 1. The number of hydrogen-bond acceptors (Lipinski definition) is 8. The molecule has 1 atom stereocenters. The SMILES string of the molecule is CC(Cc1ccc(C(=O)N2CCN(c3ncc(C(F)(F)F)cn3)CC2)s1)Nc1cn[nH]c(=O)c1C(F)(F)F. The van der Waals surface area contributed by atoms with E-state index in [1.807, 2.05) is 0 Å². The first-order valence-corrected chi connectivity index (χ1v) is 12.1. The second kappa shape index (κ2) is 10.6. The van der Waals surface area contributed by atoms with Gasteiger partial charge >= 0.3 is 12.4 Å². The zero-order valence-electron chi connectivity index (χ0n) is 19.7. The predicted octanol–water partition coefficient (Wildman–Crippen LogP) is 3.66. The molecule has 1 fully saturated rings. The van der Waals surface area contributed by atoms with Gasteiger partial charge in [0.15, 0.2) is 0 Å². The van der Waals surface area contributed by atoms with Gasteiger partial charge in [-0.15, -0.1) is 11.3 Å². The molecular formula is C22H21F6N7O2S. The lowest BCUT2D eigenvalue weighted by Crippen LogP contribution is -2.49. The van der Waals surface area contributed by atoms with Crippen LogP contribution in [-0.4, -0.2) is 63.2 Å². The minimum absolute atomic E-state index is 0.147. The fourth-order valence-electron chi connectivity index (χ4n) is 3.91. The standard InChI is InChI=1S/C22H21F6N7O2S/c1-12(32-15-11-31-33-18(36)17(15)22(26,27)28)8-14-2-3-16(38-14)19(37)34-4-6-35(7-5-34)20-29-9-13(10-30-20)21(23,24)25/h2-3,9-12H,4-8H2,1H3,(H2,32,33,36). The second-order valence-corrected chi connectivity index (χ2v) is 9.72. The first-order chi connectivity index (χ1) is 17.8. The van der Waals surface area contributed by atoms with E-state index in [1.165, 1.54) is 11.3 Å². The van der Waals surface area contributed by atoms with Gasteiger partial charge in [0.05, 0.1) is 22.3 Å². The average Bonchev–Trinajstić information content (AvgIpc) is 3.30. The van der Waals surface area contributed by atoms with Crippen molar-refractivity contribution in [3.8, 4) is 0 Å². The van der Waals surface area contributed by atoms with Gasteiger partial charge in [0.2, 0.25) is 5.95 Å². The molecular weight excluding hydrogens is 540 g/mol. The summed E-state index contributed by atoms with van der Waals surface area (Å²) in [4.78, 5) is 36.6. The fourth-order valence-corrected chi connectivity index (χ4v) is 5.01. The summed E-state index contributed by atoms with van der Waals surface area (Å²) in [6.07, 6.45) is -6.75. The Balaban J connectivity index is 1.33. The van der Waals surface area contributed by atoms with Crippen molar-refractivity contribution in [2.24, 2.45) is 0 Å². The van der Waals surface area contributed by atoms with Gasteiger partial charge in [0, 0.05) is 55.9 Å². The molecule has 2 N–H and O–H groups in total. The van der Waals surface area contributed by atoms with Crippen LogP contribution in [0, 0.1) is 0 Å². The Morgan fingerprint density at radius 1 is 1.05 bits per heavy atom. The topological polar surface area (TPSA) is 107 Å². The Morgan fingerprint density at radius 2 is 1.71 bits per heavy atom. The molecule has 0 radical (unpaired) electrons. The maximum atomic E-state index is 13.3. The number of thiophene rings is 1. The molecule has 0 bridgehead atoms. The highest BCUT2D eigenvalue weighted by Crippen LogP contribution is 2.32. The number of piperazine rings is 1. The Hall–Kier alpha value is -3.69. The first kappa shape index (κ1) is 27.3. The number of rotatable bonds is 6. The van der Waals surface area contributed by atoms with Crippen molar-refractivity contribution in [1.82, 2.24) is 25.1 Å². The molecule has 1 aliphatic heterocycles. The summed E-state index contributed by atoms with van der Waals surface area (Å²) in [7, 11) is 0. The fraction of sp³-hybridized carbons (Fsp3) is 0.409. The van der Waals surface area contributed by atoms with Gasteiger partial charge in [0.1, 0.15) is 5.56 Å². The maximum Gasteiger partial charge on any atom is 0.423 e. The summed E-state index contributed by atoms with van der Waals surface area (Å²) < 4.78 is 77.9. The molecule has 4 heterocycles. The summed E-state index contributed by atoms with van der Waals surface area (Å²) >= 11 is 1.21. The largest absolute Gasteiger partial charge is 0.423 e. The summed E-state index contributed by atoms with van der Waals surface area (Å²) in [6, 6.07) is 2.84. The van der Waals surface area contributed by atoms with Crippen LogP contribution in [0.3, 0.4) is 0 Å². The lowest BCUT2D eigenvalue weighted by atomic mass is 10.1. The number of anilines is 2. The van der Waals surface area contributed by atoms with E-state index in [-0.39, 0.29) is 11.9 Å². The molecule has 1 unspecified atom stereocenters. The molecule has 0 aliphatic carbocycles. The Morgan fingerprint density at radius 3 is 2.32 bits per heavy atom. The average molecular weight is 562 g/mol. The van der Waals surface area contributed by atoms with Crippen LogP contribution in [-0.2, 0) is 18.8 Å². The highest BCUT2D eigenvalue weighted by atomic mass is 32.1. The van der Waals surface area contributed by atoms with Crippen LogP contribution in [0.25, 0.3) is 0 Å². The third-order valence-electron chi connectivity index (χ3n) is 5.74. The van der Waals surface area contributed by atoms with E-state index in [0.29, 0.717) is 37.5 Å². The van der Waals surface area contributed by atoms with Gasteiger partial charge in [0.25, 0.3) is 11.5 Å². The number of carbonyl (C=O) groups is 1. The maximum absolute atomic E-state index is 13.3. The molecule has 0 saturated carbocycles. The Labute approximate surface area is 215 Å². The molecule has 0 spiro atoms. The number of H-pyrrole nitrogens is 1. The van der Waals surface area contributed by atoms with E-state index in [0.717, 1.165) is 23.5 Å². The molecule has 38 heavy (non-hydrogen) atoms. The zero-order chi connectivity index (χ0) is 27.7. The molecule has 1 aliphatic rings. The van der Waals surface area contributed by atoms with Crippen LogP contribution >= 0.6 is 11.3 Å². The molecule has 9 nitrogen and oxygen atoms in total. The highest BCUT2D eigenvalue weighted by molar-refractivity contribution is 7.14. The molecule has 0 aromatic carbocycles. The van der Waals surface area contributed by atoms with E-state index < -0.39 is 40.8 Å². The number of nitrogens with one attached hydrogen (secondary N) is 2. The second-order valence-electron chi connectivity index (χ2n) is 8.55. The van der Waals surface area contributed by atoms with Crippen molar-refractivity contribution in [3.63, 3.8) is 0 Å². The first-order valence-electron chi connectivity index (χ1n) is 11.3. The number of amides is 1. The molecule has 4 rings (SSSR count). The van der Waals surface area contributed by atoms with Crippen LogP contribution < -0.4 is 15.8 Å². The van der Waals surface area contributed by atoms with E-state index in [9.17, 15) is 35.9 Å². The number of nitrogens with zero attached hydrogens (tertiary/aromatic N) is 5. The van der Waals surface area contributed by atoms with Crippen molar-refractivity contribution in [3.05, 3.63) is 62.0 Å². The molecule has 1 amide bonds. The van der Waals surface area contributed by atoms with Crippen LogP contribution in [0.15, 0.2) is 35.5 Å². The third-order valence-corrected chi connectivity index (χ3v) is 6.83. The van der Waals surface area contributed by atoms with Crippen LogP contribution in [0.4, 0.5) is 38.0 Å². The molecule has 1 saturated heterocycles. The quantitative estimate of drug-likeness (QED) is 0.443. The minimum atomic E-state index is -4.86. The summed E-state index contributed by atoms with van der Waals surface area (Å²) in [5.41, 5.74) is -4.08. The van der Waals surface area contributed by atoms with Gasteiger partial charge < -0.3 is 15.1 Å². The third kappa shape index (κ3) is 6.23. The van der Waals surface area contributed by atoms with Gasteiger partial charge in [-0.25, -0.2) is 15.1 Å². The van der Waals surface area contributed by atoms with E-state index >= 15 is 0 Å². The number of hydrogen-bond donors (Lipinski definition) is 2. The molecule has 3 aromatic heterocycles. The Bertz CT molecular complexity index is 1330. The smallest absolute Gasteiger partial charge is 0.380 e. The Kier molecular flexibility index (Phi) is 7.62. The highest BCUT2D eigenvalue weighted by Gasteiger charge is 2.37. The lowest BCUT2D eigenvalue weighted by Gasteiger charge is -2.34. The van der Waals surface area contributed by atoms with E-state index in [4.69, 9.17) is 0 Å².